The van der Waals surface area contributed by atoms with Gasteiger partial charge in [-0.15, -0.1) is 0 Å². The highest BCUT2D eigenvalue weighted by Crippen LogP contribution is 2.23. The second-order valence-electron chi connectivity index (χ2n) is 4.97. The maximum atomic E-state index is 9.30. The van der Waals surface area contributed by atoms with Gasteiger partial charge in [-0.25, -0.2) is 0 Å². The van der Waals surface area contributed by atoms with E-state index in [1.165, 1.54) is 25.7 Å². The highest BCUT2D eigenvalue weighted by atomic mass is 16.5. The summed E-state index contributed by atoms with van der Waals surface area (Å²) in [5, 5.41) is 9.30. The first-order valence-corrected chi connectivity index (χ1v) is 6.30. The lowest BCUT2D eigenvalue weighted by Crippen LogP contribution is -2.45. The fourth-order valence-electron chi connectivity index (χ4n) is 2.79. The molecule has 3 atom stereocenters. The molecule has 2 aliphatic heterocycles. The summed E-state index contributed by atoms with van der Waals surface area (Å²) in [7, 11) is 0. The Balaban J connectivity index is 1.81. The third-order valence-electron chi connectivity index (χ3n) is 3.72. The molecular weight excluding hydrogens is 190 g/mol. The number of aliphatic hydroxyl groups excluding tert-OH is 1. The summed E-state index contributed by atoms with van der Waals surface area (Å²) in [5.41, 5.74) is 0. The Kier molecular flexibility index (Phi) is 4.00. The second-order valence-corrected chi connectivity index (χ2v) is 4.97. The van der Waals surface area contributed by atoms with Crippen LogP contribution in [0.2, 0.25) is 0 Å². The van der Waals surface area contributed by atoms with Gasteiger partial charge in [-0.2, -0.15) is 0 Å². The van der Waals surface area contributed by atoms with Crippen LogP contribution in [0.1, 0.15) is 39.0 Å². The zero-order valence-corrected chi connectivity index (χ0v) is 9.69. The Hall–Kier alpha value is -0.120. The fraction of sp³-hybridized carbons (Fsp3) is 1.00. The van der Waals surface area contributed by atoms with Crippen LogP contribution in [0.15, 0.2) is 0 Å². The molecule has 88 valence electrons. The van der Waals surface area contributed by atoms with Crippen LogP contribution >= 0.6 is 0 Å². The molecule has 2 aliphatic rings. The van der Waals surface area contributed by atoms with Crippen molar-refractivity contribution in [3.05, 3.63) is 0 Å². The molecule has 2 saturated heterocycles. The molecule has 0 aromatic rings. The molecular formula is C12H23NO2. The lowest BCUT2D eigenvalue weighted by molar-refractivity contribution is 0.00360. The van der Waals surface area contributed by atoms with Crippen LogP contribution in [-0.2, 0) is 4.74 Å². The molecule has 2 heterocycles. The number of aliphatic hydroxyl groups is 1. The van der Waals surface area contributed by atoms with E-state index in [0.717, 1.165) is 19.5 Å². The summed E-state index contributed by atoms with van der Waals surface area (Å²) in [4.78, 5) is 2.42. The van der Waals surface area contributed by atoms with E-state index in [-0.39, 0.29) is 0 Å². The summed E-state index contributed by atoms with van der Waals surface area (Å²) >= 11 is 0. The molecule has 3 heteroatoms. The van der Waals surface area contributed by atoms with Crippen LogP contribution < -0.4 is 0 Å². The molecule has 15 heavy (non-hydrogen) atoms. The Morgan fingerprint density at radius 2 is 2.13 bits per heavy atom. The zero-order valence-electron chi connectivity index (χ0n) is 9.69. The second kappa shape index (κ2) is 5.28. The Bertz CT molecular complexity index is 198. The minimum absolute atomic E-state index is 0.308. The number of ether oxygens (including phenoxy) is 1. The molecule has 3 nitrogen and oxygen atoms in total. The largest absolute Gasteiger partial charge is 0.395 e. The Morgan fingerprint density at radius 3 is 2.80 bits per heavy atom. The van der Waals surface area contributed by atoms with Gasteiger partial charge >= 0.3 is 0 Å². The molecule has 0 saturated carbocycles. The average Bonchev–Trinajstić information content (AvgIpc) is 2.65. The number of nitrogens with zero attached hydrogens (tertiary/aromatic N) is 1. The molecule has 0 amide bonds. The van der Waals surface area contributed by atoms with Crippen molar-refractivity contribution in [3.63, 3.8) is 0 Å². The first kappa shape index (κ1) is 11.4. The van der Waals surface area contributed by atoms with Gasteiger partial charge in [0.05, 0.1) is 18.8 Å². The number of rotatable bonds is 3. The molecule has 3 unspecified atom stereocenters. The van der Waals surface area contributed by atoms with Crippen molar-refractivity contribution in [3.8, 4) is 0 Å². The maximum Gasteiger partial charge on any atom is 0.0706 e. The molecule has 2 fully saturated rings. The van der Waals surface area contributed by atoms with Crippen molar-refractivity contribution in [1.82, 2.24) is 4.90 Å². The van der Waals surface area contributed by atoms with Crippen molar-refractivity contribution < 1.29 is 9.84 Å². The van der Waals surface area contributed by atoms with Gasteiger partial charge in [-0.3, -0.25) is 4.90 Å². The quantitative estimate of drug-likeness (QED) is 0.769. The van der Waals surface area contributed by atoms with Crippen LogP contribution in [0.4, 0.5) is 0 Å². The van der Waals surface area contributed by atoms with Gasteiger partial charge in [0.2, 0.25) is 0 Å². The lowest BCUT2D eigenvalue weighted by Gasteiger charge is -2.36. The molecule has 2 rings (SSSR count). The highest BCUT2D eigenvalue weighted by molar-refractivity contribution is 4.81. The van der Waals surface area contributed by atoms with Gasteiger partial charge in [-0.05, 0) is 39.2 Å². The molecule has 0 aromatic carbocycles. The van der Waals surface area contributed by atoms with Gasteiger partial charge in [0, 0.05) is 12.6 Å². The summed E-state index contributed by atoms with van der Waals surface area (Å²) in [6, 6.07) is 0.387. The van der Waals surface area contributed by atoms with E-state index in [9.17, 15) is 5.11 Å². The predicted molar refractivity (Wildman–Crippen MR) is 59.9 cm³/mol. The minimum atomic E-state index is 0.308. The molecule has 0 spiro atoms. The predicted octanol–water partition coefficient (Wildman–Crippen LogP) is 1.40. The van der Waals surface area contributed by atoms with Gasteiger partial charge in [0.15, 0.2) is 0 Å². The minimum Gasteiger partial charge on any atom is -0.395 e. The molecule has 0 aromatic heterocycles. The van der Waals surface area contributed by atoms with Crippen LogP contribution in [0.25, 0.3) is 0 Å². The van der Waals surface area contributed by atoms with Crippen LogP contribution in [0.3, 0.4) is 0 Å². The van der Waals surface area contributed by atoms with E-state index >= 15 is 0 Å². The topological polar surface area (TPSA) is 32.7 Å². The number of likely N-dealkylation sites (tertiary alicyclic amines) is 1. The van der Waals surface area contributed by atoms with Gasteiger partial charge in [-0.1, -0.05) is 6.42 Å². The monoisotopic (exact) mass is 213 g/mol. The van der Waals surface area contributed by atoms with Crippen molar-refractivity contribution in [2.75, 3.05) is 19.7 Å². The van der Waals surface area contributed by atoms with E-state index < -0.39 is 0 Å². The van der Waals surface area contributed by atoms with Crippen molar-refractivity contribution in [2.45, 2.75) is 57.3 Å². The third kappa shape index (κ3) is 2.92. The third-order valence-corrected chi connectivity index (χ3v) is 3.72. The Morgan fingerprint density at radius 1 is 1.27 bits per heavy atom. The van der Waals surface area contributed by atoms with Crippen LogP contribution in [0, 0.1) is 0 Å². The molecule has 0 radical (unpaired) electrons. The molecule has 1 N–H and O–H groups in total. The SMILES string of the molecule is CC1CCC(CN2CCCCC2CO)O1. The summed E-state index contributed by atoms with van der Waals surface area (Å²) < 4.78 is 5.83. The summed E-state index contributed by atoms with van der Waals surface area (Å²) in [6.45, 7) is 4.62. The van der Waals surface area contributed by atoms with Crippen molar-refractivity contribution >= 4 is 0 Å². The first-order chi connectivity index (χ1) is 7.29. The normalized spacial score (nSPS) is 38.4. The van der Waals surface area contributed by atoms with Crippen LogP contribution in [-0.4, -0.2) is 48.0 Å². The summed E-state index contributed by atoms with van der Waals surface area (Å²) in [6.07, 6.45) is 6.93. The maximum absolute atomic E-state index is 9.30. The van der Waals surface area contributed by atoms with Gasteiger partial charge in [0.25, 0.3) is 0 Å². The van der Waals surface area contributed by atoms with E-state index in [2.05, 4.69) is 11.8 Å². The van der Waals surface area contributed by atoms with E-state index in [4.69, 9.17) is 4.74 Å². The van der Waals surface area contributed by atoms with E-state index in [0.29, 0.717) is 24.9 Å². The van der Waals surface area contributed by atoms with Gasteiger partial charge in [0.1, 0.15) is 0 Å². The molecule has 0 aliphatic carbocycles. The Labute approximate surface area is 92.4 Å². The fourth-order valence-corrected chi connectivity index (χ4v) is 2.79. The van der Waals surface area contributed by atoms with Gasteiger partial charge < -0.3 is 9.84 Å². The van der Waals surface area contributed by atoms with E-state index in [1.807, 2.05) is 0 Å². The smallest absolute Gasteiger partial charge is 0.0706 e. The first-order valence-electron chi connectivity index (χ1n) is 6.30. The van der Waals surface area contributed by atoms with E-state index in [1.54, 1.807) is 0 Å². The highest BCUT2D eigenvalue weighted by Gasteiger charge is 2.28. The number of hydrogen-bond acceptors (Lipinski definition) is 3. The zero-order chi connectivity index (χ0) is 10.7. The van der Waals surface area contributed by atoms with Crippen LogP contribution in [0.5, 0.6) is 0 Å². The summed E-state index contributed by atoms with van der Waals surface area (Å²) in [5.74, 6) is 0. The average molecular weight is 213 g/mol. The number of piperidine rings is 1. The van der Waals surface area contributed by atoms with Crippen molar-refractivity contribution in [2.24, 2.45) is 0 Å². The van der Waals surface area contributed by atoms with Crippen molar-refractivity contribution in [1.29, 1.82) is 0 Å². The molecule has 0 bridgehead atoms. The standard InChI is InChI=1S/C12H23NO2/c1-10-5-6-12(15-10)8-13-7-3-2-4-11(13)9-14/h10-12,14H,2-9H2,1H3. The number of hydrogen-bond donors (Lipinski definition) is 1. The lowest BCUT2D eigenvalue weighted by atomic mass is 10.0.